The molecule has 2 aliphatic carbocycles. The fourth-order valence-electron chi connectivity index (χ4n) is 4.79. The Labute approximate surface area is 195 Å². The molecule has 0 bridgehead atoms. The lowest BCUT2D eigenvalue weighted by atomic mass is 9.91. The maximum Gasteiger partial charge on any atom is 0.326 e. The highest BCUT2D eigenvalue weighted by Crippen LogP contribution is 2.65. The summed E-state index contributed by atoms with van der Waals surface area (Å²) in [4.78, 5) is 30.3. The smallest absolute Gasteiger partial charge is 0.326 e. The van der Waals surface area contributed by atoms with Crippen LogP contribution in [0.3, 0.4) is 0 Å². The molecule has 2 saturated carbocycles. The number of fused-ring (bicyclic) bond motifs is 1. The summed E-state index contributed by atoms with van der Waals surface area (Å²) < 4.78 is 11.2. The zero-order valence-corrected chi connectivity index (χ0v) is 18.6. The maximum absolute atomic E-state index is 13.1. The van der Waals surface area contributed by atoms with E-state index in [1.54, 1.807) is 0 Å². The van der Waals surface area contributed by atoms with Crippen LogP contribution in [0.5, 0.6) is 0 Å². The number of carbonyl (C=O) groups excluding carboxylic acids is 2. The minimum atomic E-state index is -1.26. The van der Waals surface area contributed by atoms with Crippen LogP contribution < -0.4 is 5.73 Å². The highest BCUT2D eigenvalue weighted by atomic mass is 32.2. The van der Waals surface area contributed by atoms with Gasteiger partial charge in [0.05, 0.1) is 5.92 Å². The number of aromatic nitrogens is 3. The van der Waals surface area contributed by atoms with Gasteiger partial charge in [-0.1, -0.05) is 72.4 Å². The van der Waals surface area contributed by atoms with Gasteiger partial charge in [0.15, 0.2) is 5.16 Å². The zero-order chi connectivity index (χ0) is 22.8. The first-order valence-electron chi connectivity index (χ1n) is 10.8. The number of rotatable bonds is 8. The summed E-state index contributed by atoms with van der Waals surface area (Å²) in [5, 5.41) is 7.26. The first-order chi connectivity index (χ1) is 16.1. The van der Waals surface area contributed by atoms with Crippen LogP contribution in [0.4, 0.5) is 0 Å². The van der Waals surface area contributed by atoms with Crippen LogP contribution in [0.25, 0.3) is 0 Å². The number of nitrogens with zero attached hydrogens (tertiary/aromatic N) is 2. The summed E-state index contributed by atoms with van der Waals surface area (Å²) in [5.41, 5.74) is 7.20. The van der Waals surface area contributed by atoms with Crippen LogP contribution in [0, 0.1) is 17.8 Å². The van der Waals surface area contributed by atoms with E-state index >= 15 is 0 Å². The summed E-state index contributed by atoms with van der Waals surface area (Å²) in [6, 6.07) is 18.9. The van der Waals surface area contributed by atoms with Crippen molar-refractivity contribution in [2.75, 3.05) is 0 Å². The van der Waals surface area contributed by atoms with Crippen LogP contribution in [0.2, 0.25) is 0 Å². The molecule has 170 valence electrons. The number of nitrogens with one attached hydrogen (secondary N) is 1. The molecule has 2 aliphatic rings. The quantitative estimate of drug-likeness (QED) is 0.488. The van der Waals surface area contributed by atoms with E-state index in [4.69, 9.17) is 15.2 Å². The molecule has 1 aromatic heterocycles. The Hall–Kier alpha value is -3.17. The molecular weight excluding hydrogens is 440 g/mol. The molecule has 8 nitrogen and oxygen atoms in total. The van der Waals surface area contributed by atoms with Crippen molar-refractivity contribution in [2.45, 2.75) is 35.6 Å². The highest BCUT2D eigenvalue weighted by molar-refractivity contribution is 7.99. The van der Waals surface area contributed by atoms with Gasteiger partial charge in [-0.05, 0) is 23.5 Å². The van der Waals surface area contributed by atoms with Gasteiger partial charge in [0, 0.05) is 11.2 Å². The van der Waals surface area contributed by atoms with Gasteiger partial charge in [-0.15, -0.1) is 0 Å². The molecule has 0 amide bonds. The third-order valence-corrected chi connectivity index (χ3v) is 7.59. The Morgan fingerprint density at radius 3 is 2.27 bits per heavy atom. The van der Waals surface area contributed by atoms with E-state index in [-0.39, 0.29) is 36.3 Å². The predicted octanol–water partition coefficient (Wildman–Crippen LogP) is 2.72. The molecule has 0 saturated heterocycles. The van der Waals surface area contributed by atoms with Crippen molar-refractivity contribution in [1.82, 2.24) is 15.2 Å². The number of carbonyl (C=O) groups is 2. The van der Waals surface area contributed by atoms with E-state index in [2.05, 4.69) is 15.2 Å². The molecule has 3 N–H and O–H groups in total. The summed E-state index contributed by atoms with van der Waals surface area (Å²) in [5.74, 6) is -1.68. The largest absolute Gasteiger partial charge is 0.461 e. The third kappa shape index (κ3) is 4.38. The molecule has 1 heterocycles. The first kappa shape index (κ1) is 21.7. The van der Waals surface area contributed by atoms with Crippen LogP contribution in [-0.2, 0) is 32.3 Å². The SMILES string of the molecule is NC1(C(=O)OCc2ccccc2)CC(Sc2ncn[nH]2)C2C(C(=O)OCc3ccccc3)C21. The summed E-state index contributed by atoms with van der Waals surface area (Å²) in [6.45, 7) is 0.324. The van der Waals surface area contributed by atoms with Gasteiger partial charge in [-0.3, -0.25) is 14.7 Å². The van der Waals surface area contributed by atoms with E-state index in [1.807, 2.05) is 60.7 Å². The van der Waals surface area contributed by atoms with Crippen molar-refractivity contribution in [1.29, 1.82) is 0 Å². The molecule has 3 aromatic rings. The average Bonchev–Trinajstić information content (AvgIpc) is 3.27. The second kappa shape index (κ2) is 8.99. The van der Waals surface area contributed by atoms with Crippen LogP contribution in [0.1, 0.15) is 17.5 Å². The van der Waals surface area contributed by atoms with Crippen molar-refractivity contribution < 1.29 is 19.1 Å². The van der Waals surface area contributed by atoms with Crippen LogP contribution in [0.15, 0.2) is 72.1 Å². The number of H-pyrrole nitrogens is 1. The first-order valence-corrected chi connectivity index (χ1v) is 11.7. The van der Waals surface area contributed by atoms with Crippen LogP contribution in [-0.4, -0.2) is 37.9 Å². The van der Waals surface area contributed by atoms with Gasteiger partial charge in [0.1, 0.15) is 25.1 Å². The molecule has 0 radical (unpaired) electrons. The molecule has 5 unspecified atom stereocenters. The predicted molar refractivity (Wildman–Crippen MR) is 121 cm³/mol. The normalized spacial score (nSPS) is 27.5. The van der Waals surface area contributed by atoms with Crippen molar-refractivity contribution in [3.8, 4) is 0 Å². The maximum atomic E-state index is 13.1. The number of nitrogens with two attached hydrogens (primary N) is 1. The Bertz CT molecular complexity index is 1110. The lowest BCUT2D eigenvalue weighted by Gasteiger charge is -2.27. The van der Waals surface area contributed by atoms with Gasteiger partial charge in [0.2, 0.25) is 0 Å². The molecular formula is C24H24N4O4S. The summed E-state index contributed by atoms with van der Waals surface area (Å²) in [7, 11) is 0. The average molecular weight is 465 g/mol. The van der Waals surface area contributed by atoms with Gasteiger partial charge in [-0.25, -0.2) is 4.98 Å². The van der Waals surface area contributed by atoms with Gasteiger partial charge in [0.25, 0.3) is 0 Å². The lowest BCUT2D eigenvalue weighted by molar-refractivity contribution is -0.153. The molecule has 2 aromatic carbocycles. The second-order valence-corrected chi connectivity index (χ2v) is 9.70. The Morgan fingerprint density at radius 1 is 1.03 bits per heavy atom. The number of hydrogen-bond acceptors (Lipinski definition) is 8. The van der Waals surface area contributed by atoms with E-state index in [1.165, 1.54) is 18.1 Å². The van der Waals surface area contributed by atoms with Crippen molar-refractivity contribution in [3.63, 3.8) is 0 Å². The fourth-order valence-corrected chi connectivity index (χ4v) is 6.14. The van der Waals surface area contributed by atoms with Gasteiger partial charge in [-0.2, -0.15) is 5.10 Å². The van der Waals surface area contributed by atoms with Gasteiger partial charge < -0.3 is 15.2 Å². The summed E-state index contributed by atoms with van der Waals surface area (Å²) >= 11 is 1.45. The lowest BCUT2D eigenvalue weighted by Crippen LogP contribution is -2.51. The molecule has 9 heteroatoms. The molecule has 33 heavy (non-hydrogen) atoms. The molecule has 5 rings (SSSR count). The van der Waals surface area contributed by atoms with E-state index in [0.29, 0.717) is 11.6 Å². The van der Waals surface area contributed by atoms with Crippen molar-refractivity contribution in [2.24, 2.45) is 23.5 Å². The van der Waals surface area contributed by atoms with E-state index in [0.717, 1.165) is 11.1 Å². The Balaban J connectivity index is 1.30. The molecule has 2 fully saturated rings. The Kier molecular flexibility index (Phi) is 5.90. The third-order valence-electron chi connectivity index (χ3n) is 6.38. The number of hydrogen-bond donors (Lipinski definition) is 2. The fraction of sp³-hybridized carbons (Fsp3) is 0.333. The van der Waals surface area contributed by atoms with Crippen molar-refractivity contribution >= 4 is 23.7 Å². The number of benzene rings is 2. The topological polar surface area (TPSA) is 120 Å². The highest BCUT2D eigenvalue weighted by Gasteiger charge is 2.74. The van der Waals surface area contributed by atoms with Crippen molar-refractivity contribution in [3.05, 3.63) is 78.1 Å². The summed E-state index contributed by atoms with van der Waals surface area (Å²) in [6.07, 6.45) is 1.82. The standard InChI is InChI=1S/C24H24N4O4S/c25-24(22(30)32-13-16-9-5-2-6-10-16)11-17(33-23-26-14-27-28-23)18-19(20(18)24)21(29)31-12-15-7-3-1-4-8-15/h1-10,14,17-20H,11-13,25H2,(H,26,27,28). The minimum absolute atomic E-state index is 0.0773. The zero-order valence-electron chi connectivity index (χ0n) is 17.8. The number of esters is 2. The van der Waals surface area contributed by atoms with E-state index in [9.17, 15) is 9.59 Å². The van der Waals surface area contributed by atoms with Crippen LogP contribution >= 0.6 is 11.8 Å². The molecule has 5 atom stereocenters. The number of aromatic amines is 1. The monoisotopic (exact) mass is 464 g/mol. The minimum Gasteiger partial charge on any atom is -0.461 e. The Morgan fingerprint density at radius 2 is 1.67 bits per heavy atom. The van der Waals surface area contributed by atoms with E-state index < -0.39 is 17.4 Å². The molecule has 0 spiro atoms. The molecule has 0 aliphatic heterocycles. The second-order valence-electron chi connectivity index (χ2n) is 8.48. The number of ether oxygens (including phenoxy) is 2. The number of thioether (sulfide) groups is 1. The van der Waals surface area contributed by atoms with Gasteiger partial charge >= 0.3 is 11.9 Å².